The normalized spacial score (nSPS) is 17.4. The molecule has 4 nitrogen and oxygen atoms in total. The van der Waals surface area contributed by atoms with Crippen LogP contribution in [0.1, 0.15) is 47.2 Å². The van der Waals surface area contributed by atoms with Crippen molar-refractivity contribution in [3.8, 4) is 11.1 Å². The lowest BCUT2D eigenvalue weighted by Crippen LogP contribution is -2.56. The maximum Gasteiger partial charge on any atom is 0.225 e. The summed E-state index contributed by atoms with van der Waals surface area (Å²) in [6, 6.07) is 26.5. The monoisotopic (exact) mass is 438 g/mol. The van der Waals surface area contributed by atoms with Crippen LogP contribution in [0, 0.1) is 0 Å². The van der Waals surface area contributed by atoms with Crippen molar-refractivity contribution in [3.05, 3.63) is 95.6 Å². The standard InChI is InChI=1S/C29H30N2O2/c32-27(24-14-12-23(13-15-24)22-7-2-1-3-8-22)11-6-18-31-19-16-29(17-20-31)26-10-5-4-9-25(26)21-28(33)30-29/h1-5,7-10,12-15H,6,11,16-21H2,(H,30,33). The summed E-state index contributed by atoms with van der Waals surface area (Å²) in [5.41, 5.74) is 5.31. The Kier molecular flexibility index (Phi) is 6.10. The van der Waals surface area contributed by atoms with E-state index in [0.29, 0.717) is 12.8 Å². The van der Waals surface area contributed by atoms with Crippen molar-refractivity contribution >= 4 is 11.7 Å². The van der Waals surface area contributed by atoms with Gasteiger partial charge in [0.25, 0.3) is 0 Å². The molecule has 0 bridgehead atoms. The number of carbonyl (C=O) groups is 2. The lowest BCUT2D eigenvalue weighted by atomic mass is 9.75. The highest BCUT2D eigenvalue weighted by molar-refractivity contribution is 5.96. The lowest BCUT2D eigenvalue weighted by Gasteiger charge is -2.45. The predicted octanol–water partition coefficient (Wildman–Crippen LogP) is 4.98. The number of rotatable bonds is 6. The molecule has 1 saturated heterocycles. The van der Waals surface area contributed by atoms with E-state index in [1.165, 1.54) is 11.1 Å². The van der Waals surface area contributed by atoms with Crippen LogP contribution in [0.2, 0.25) is 0 Å². The van der Waals surface area contributed by atoms with E-state index in [-0.39, 0.29) is 17.2 Å². The Morgan fingerprint density at radius 1 is 0.848 bits per heavy atom. The number of amides is 1. The third-order valence-corrected chi connectivity index (χ3v) is 7.16. The van der Waals surface area contributed by atoms with Gasteiger partial charge in [0.05, 0.1) is 12.0 Å². The quantitative estimate of drug-likeness (QED) is 0.552. The molecule has 1 amide bonds. The number of ketones is 1. The number of likely N-dealkylation sites (tertiary alicyclic amines) is 1. The fourth-order valence-electron chi connectivity index (χ4n) is 5.33. The number of nitrogens with zero attached hydrogens (tertiary/aromatic N) is 1. The third kappa shape index (κ3) is 4.62. The van der Waals surface area contributed by atoms with Gasteiger partial charge >= 0.3 is 0 Å². The van der Waals surface area contributed by atoms with Crippen LogP contribution in [0.5, 0.6) is 0 Å². The molecule has 3 aromatic rings. The van der Waals surface area contributed by atoms with Gasteiger partial charge in [-0.05, 0) is 48.1 Å². The van der Waals surface area contributed by atoms with Crippen molar-refractivity contribution in [2.45, 2.75) is 37.6 Å². The molecule has 0 radical (unpaired) electrons. The fraction of sp³-hybridized carbons (Fsp3) is 0.310. The number of hydrogen-bond donors (Lipinski definition) is 1. The Balaban J connectivity index is 1.13. The zero-order valence-corrected chi connectivity index (χ0v) is 18.9. The van der Waals surface area contributed by atoms with E-state index < -0.39 is 0 Å². The fourth-order valence-corrected chi connectivity index (χ4v) is 5.33. The Morgan fingerprint density at radius 3 is 2.27 bits per heavy atom. The third-order valence-electron chi connectivity index (χ3n) is 7.16. The van der Waals surface area contributed by atoms with Gasteiger partial charge in [0, 0.05) is 25.1 Å². The van der Waals surface area contributed by atoms with Crippen LogP contribution in [0.3, 0.4) is 0 Å². The largest absolute Gasteiger partial charge is 0.346 e. The minimum Gasteiger partial charge on any atom is -0.346 e. The molecule has 0 aliphatic carbocycles. The van der Waals surface area contributed by atoms with E-state index in [1.54, 1.807) is 0 Å². The summed E-state index contributed by atoms with van der Waals surface area (Å²) in [6.45, 7) is 2.79. The minimum absolute atomic E-state index is 0.131. The Hall–Kier alpha value is -3.24. The van der Waals surface area contributed by atoms with Crippen molar-refractivity contribution < 1.29 is 9.59 Å². The molecule has 2 heterocycles. The average Bonchev–Trinajstić information content (AvgIpc) is 2.86. The van der Waals surface area contributed by atoms with Gasteiger partial charge < -0.3 is 10.2 Å². The van der Waals surface area contributed by atoms with E-state index in [1.807, 2.05) is 48.5 Å². The van der Waals surface area contributed by atoms with Gasteiger partial charge in [-0.1, -0.05) is 78.9 Å². The van der Waals surface area contributed by atoms with Gasteiger partial charge in [0.15, 0.2) is 5.78 Å². The van der Waals surface area contributed by atoms with Crippen molar-refractivity contribution in [3.63, 3.8) is 0 Å². The summed E-state index contributed by atoms with van der Waals surface area (Å²) in [7, 11) is 0. The van der Waals surface area contributed by atoms with Gasteiger partial charge in [-0.15, -0.1) is 0 Å². The van der Waals surface area contributed by atoms with Crippen molar-refractivity contribution in [2.75, 3.05) is 19.6 Å². The first-order chi connectivity index (χ1) is 16.1. The number of piperidine rings is 1. The second-order valence-corrected chi connectivity index (χ2v) is 9.28. The first-order valence-electron chi connectivity index (χ1n) is 11.9. The summed E-state index contributed by atoms with van der Waals surface area (Å²) in [5.74, 6) is 0.336. The smallest absolute Gasteiger partial charge is 0.225 e. The molecule has 1 N–H and O–H groups in total. The molecule has 0 aromatic heterocycles. The molecule has 1 fully saturated rings. The summed E-state index contributed by atoms with van der Waals surface area (Å²) in [5, 5.41) is 3.30. The SMILES string of the molecule is O=C1Cc2ccccc2C2(CCN(CCCC(=O)c3ccc(-c4ccccc4)cc3)CC2)N1. The zero-order chi connectivity index (χ0) is 22.7. The molecule has 2 aliphatic rings. The number of fused-ring (bicyclic) bond motifs is 2. The van der Waals surface area contributed by atoms with E-state index >= 15 is 0 Å². The number of nitrogens with one attached hydrogen (secondary N) is 1. The highest BCUT2D eigenvalue weighted by atomic mass is 16.1. The van der Waals surface area contributed by atoms with Gasteiger partial charge in [-0.25, -0.2) is 0 Å². The van der Waals surface area contributed by atoms with Crippen LogP contribution < -0.4 is 5.32 Å². The molecule has 1 spiro atoms. The highest BCUT2D eigenvalue weighted by Gasteiger charge is 2.41. The summed E-state index contributed by atoms with van der Waals surface area (Å²) >= 11 is 0. The zero-order valence-electron chi connectivity index (χ0n) is 18.9. The summed E-state index contributed by atoms with van der Waals surface area (Å²) in [4.78, 5) is 27.4. The number of benzene rings is 3. The molecule has 33 heavy (non-hydrogen) atoms. The molecular formula is C29H30N2O2. The second kappa shape index (κ2) is 9.32. The summed E-state index contributed by atoms with van der Waals surface area (Å²) in [6.07, 6.45) is 3.74. The molecule has 0 unspecified atom stereocenters. The average molecular weight is 439 g/mol. The molecule has 168 valence electrons. The number of carbonyl (C=O) groups excluding carboxylic acids is 2. The Morgan fingerprint density at radius 2 is 1.52 bits per heavy atom. The molecular weight excluding hydrogens is 408 g/mol. The van der Waals surface area contributed by atoms with Gasteiger partial charge in [0.2, 0.25) is 5.91 Å². The van der Waals surface area contributed by atoms with Crippen molar-refractivity contribution in [2.24, 2.45) is 0 Å². The van der Waals surface area contributed by atoms with E-state index in [0.717, 1.165) is 55.6 Å². The summed E-state index contributed by atoms with van der Waals surface area (Å²) < 4.78 is 0. The lowest BCUT2D eigenvalue weighted by molar-refractivity contribution is -0.124. The highest BCUT2D eigenvalue weighted by Crippen LogP contribution is 2.37. The number of Topliss-reactive ketones (excluding diaryl/α,β-unsaturated/α-hetero) is 1. The predicted molar refractivity (Wildman–Crippen MR) is 131 cm³/mol. The molecule has 0 saturated carbocycles. The second-order valence-electron chi connectivity index (χ2n) is 9.28. The van der Waals surface area contributed by atoms with Gasteiger partial charge in [-0.3, -0.25) is 9.59 Å². The van der Waals surface area contributed by atoms with Crippen LogP contribution in [0.4, 0.5) is 0 Å². The Labute approximate surface area is 195 Å². The van der Waals surface area contributed by atoms with Crippen molar-refractivity contribution in [1.82, 2.24) is 10.2 Å². The van der Waals surface area contributed by atoms with Crippen LogP contribution in [0.25, 0.3) is 11.1 Å². The molecule has 5 rings (SSSR count). The minimum atomic E-state index is -0.223. The van der Waals surface area contributed by atoms with Crippen molar-refractivity contribution in [1.29, 1.82) is 0 Å². The maximum absolute atomic E-state index is 12.7. The van der Waals surface area contributed by atoms with Crippen LogP contribution >= 0.6 is 0 Å². The van der Waals surface area contributed by atoms with E-state index in [4.69, 9.17) is 0 Å². The molecule has 4 heteroatoms. The van der Waals surface area contributed by atoms with E-state index in [2.05, 4.69) is 40.5 Å². The van der Waals surface area contributed by atoms with Gasteiger partial charge in [-0.2, -0.15) is 0 Å². The first kappa shape index (κ1) is 21.6. The van der Waals surface area contributed by atoms with Crippen LogP contribution in [-0.2, 0) is 16.8 Å². The van der Waals surface area contributed by atoms with Crippen LogP contribution in [-0.4, -0.2) is 36.2 Å². The van der Waals surface area contributed by atoms with E-state index in [9.17, 15) is 9.59 Å². The number of hydrogen-bond acceptors (Lipinski definition) is 3. The maximum atomic E-state index is 12.7. The first-order valence-corrected chi connectivity index (χ1v) is 11.9. The molecule has 0 atom stereocenters. The van der Waals surface area contributed by atoms with Gasteiger partial charge in [0.1, 0.15) is 0 Å². The molecule has 3 aromatic carbocycles. The Bertz CT molecular complexity index is 1130. The molecule has 2 aliphatic heterocycles. The topological polar surface area (TPSA) is 49.4 Å². The van der Waals surface area contributed by atoms with Crippen LogP contribution in [0.15, 0.2) is 78.9 Å².